The maximum Gasteiger partial charge on any atom is 0.229 e. The molecular formula is C18H23NO4. The van der Waals surface area contributed by atoms with E-state index in [0.717, 1.165) is 0 Å². The van der Waals surface area contributed by atoms with Crippen molar-refractivity contribution in [1.82, 2.24) is 4.90 Å². The lowest BCUT2D eigenvalue weighted by Crippen LogP contribution is -2.24. The molecule has 0 N–H and O–H groups in total. The summed E-state index contributed by atoms with van der Waals surface area (Å²) in [6.45, 7) is 5.31. The number of carbonyl (C=O) groups excluding carboxylic acids is 4. The summed E-state index contributed by atoms with van der Waals surface area (Å²) in [6, 6.07) is 6.07. The standard InChI is InChI=1S/C18H23NO4/c1-18(2,3)16(22)10-14(20)12-6-8-13(9-7-12)15(21)11-17(23)19(4)5/h6-9H,10-11H2,1-5H3. The number of nitrogens with zero attached hydrogens (tertiary/aromatic N) is 1. The third kappa shape index (κ3) is 5.43. The largest absolute Gasteiger partial charge is 0.348 e. The quantitative estimate of drug-likeness (QED) is 0.597. The number of hydrogen-bond donors (Lipinski definition) is 0. The van der Waals surface area contributed by atoms with Gasteiger partial charge < -0.3 is 4.90 Å². The molecule has 0 heterocycles. The summed E-state index contributed by atoms with van der Waals surface area (Å²) >= 11 is 0. The monoisotopic (exact) mass is 317 g/mol. The molecule has 0 aliphatic carbocycles. The van der Waals surface area contributed by atoms with Crippen LogP contribution in [0.25, 0.3) is 0 Å². The highest BCUT2D eigenvalue weighted by Gasteiger charge is 2.24. The lowest BCUT2D eigenvalue weighted by molar-refractivity contribution is -0.127. The highest BCUT2D eigenvalue weighted by atomic mass is 16.2. The fourth-order valence-electron chi connectivity index (χ4n) is 1.75. The van der Waals surface area contributed by atoms with Crippen LogP contribution in [-0.4, -0.2) is 42.3 Å². The Kier molecular flexibility index (Phi) is 5.96. The number of benzene rings is 1. The Labute approximate surface area is 136 Å². The van der Waals surface area contributed by atoms with Gasteiger partial charge in [-0.2, -0.15) is 0 Å². The lowest BCUT2D eigenvalue weighted by atomic mass is 9.87. The zero-order valence-electron chi connectivity index (χ0n) is 14.3. The Morgan fingerprint density at radius 1 is 0.826 bits per heavy atom. The summed E-state index contributed by atoms with van der Waals surface area (Å²) in [6.07, 6.45) is -0.362. The first kappa shape index (κ1) is 18.7. The maximum absolute atomic E-state index is 12.1. The molecule has 124 valence electrons. The molecule has 0 saturated carbocycles. The molecular weight excluding hydrogens is 294 g/mol. The molecule has 0 atom stereocenters. The summed E-state index contributed by atoms with van der Waals surface area (Å²) in [7, 11) is 3.17. The van der Waals surface area contributed by atoms with Gasteiger partial charge in [-0.3, -0.25) is 19.2 Å². The van der Waals surface area contributed by atoms with Crippen LogP contribution in [0.2, 0.25) is 0 Å². The number of hydrogen-bond acceptors (Lipinski definition) is 4. The number of amides is 1. The number of ketones is 3. The van der Waals surface area contributed by atoms with Gasteiger partial charge >= 0.3 is 0 Å². The summed E-state index contributed by atoms with van der Waals surface area (Å²) in [5, 5.41) is 0. The molecule has 0 spiro atoms. The van der Waals surface area contributed by atoms with Crippen LogP contribution in [-0.2, 0) is 9.59 Å². The second-order valence-electron chi connectivity index (χ2n) is 6.74. The van der Waals surface area contributed by atoms with Crippen molar-refractivity contribution in [1.29, 1.82) is 0 Å². The van der Waals surface area contributed by atoms with Gasteiger partial charge in [-0.05, 0) is 0 Å². The van der Waals surface area contributed by atoms with E-state index in [0.29, 0.717) is 11.1 Å². The summed E-state index contributed by atoms with van der Waals surface area (Å²) in [4.78, 5) is 48.8. The fraction of sp³-hybridized carbons (Fsp3) is 0.444. The van der Waals surface area contributed by atoms with E-state index in [1.807, 2.05) is 0 Å². The van der Waals surface area contributed by atoms with E-state index in [1.165, 1.54) is 29.2 Å². The van der Waals surface area contributed by atoms with Crippen LogP contribution in [0.3, 0.4) is 0 Å². The predicted molar refractivity (Wildman–Crippen MR) is 87.5 cm³/mol. The average molecular weight is 317 g/mol. The van der Waals surface area contributed by atoms with Crippen molar-refractivity contribution in [2.75, 3.05) is 14.1 Å². The van der Waals surface area contributed by atoms with Gasteiger partial charge in [0.25, 0.3) is 0 Å². The Morgan fingerprint density at radius 2 is 1.22 bits per heavy atom. The second kappa shape index (κ2) is 7.31. The van der Waals surface area contributed by atoms with E-state index >= 15 is 0 Å². The van der Waals surface area contributed by atoms with Crippen molar-refractivity contribution in [2.45, 2.75) is 33.6 Å². The van der Waals surface area contributed by atoms with E-state index in [-0.39, 0.29) is 36.1 Å². The van der Waals surface area contributed by atoms with Crippen LogP contribution in [0, 0.1) is 5.41 Å². The first-order chi connectivity index (χ1) is 10.5. The van der Waals surface area contributed by atoms with Crippen molar-refractivity contribution in [3.8, 4) is 0 Å². The van der Waals surface area contributed by atoms with Gasteiger partial charge in [-0.1, -0.05) is 45.0 Å². The smallest absolute Gasteiger partial charge is 0.229 e. The number of Topliss-reactive ketones (excluding diaryl/α,β-unsaturated/α-hetero) is 3. The molecule has 5 heteroatoms. The normalized spacial score (nSPS) is 11.0. The summed E-state index contributed by atoms with van der Waals surface area (Å²) in [5.41, 5.74) is 0.204. The maximum atomic E-state index is 12.1. The zero-order valence-corrected chi connectivity index (χ0v) is 14.3. The first-order valence-electron chi connectivity index (χ1n) is 7.42. The second-order valence-corrected chi connectivity index (χ2v) is 6.74. The molecule has 23 heavy (non-hydrogen) atoms. The summed E-state index contributed by atoms with van der Waals surface area (Å²) in [5.74, 6) is -0.966. The highest BCUT2D eigenvalue weighted by Crippen LogP contribution is 2.18. The minimum atomic E-state index is -0.557. The Morgan fingerprint density at radius 3 is 1.57 bits per heavy atom. The molecule has 0 aromatic heterocycles. The van der Waals surface area contributed by atoms with E-state index in [9.17, 15) is 19.2 Å². The van der Waals surface area contributed by atoms with Crippen LogP contribution in [0.4, 0.5) is 0 Å². The molecule has 0 fully saturated rings. The lowest BCUT2D eigenvalue weighted by Gasteiger charge is -2.15. The van der Waals surface area contributed by atoms with Crippen LogP contribution < -0.4 is 0 Å². The topological polar surface area (TPSA) is 71.5 Å². The van der Waals surface area contributed by atoms with Crippen molar-refractivity contribution in [3.05, 3.63) is 35.4 Å². The predicted octanol–water partition coefficient (Wildman–Crippen LogP) is 2.54. The van der Waals surface area contributed by atoms with Crippen molar-refractivity contribution in [3.63, 3.8) is 0 Å². The van der Waals surface area contributed by atoms with Gasteiger partial charge in [0, 0.05) is 30.6 Å². The average Bonchev–Trinajstić information content (AvgIpc) is 2.46. The van der Waals surface area contributed by atoms with Gasteiger partial charge in [0.05, 0.1) is 12.8 Å². The van der Waals surface area contributed by atoms with Crippen LogP contribution >= 0.6 is 0 Å². The van der Waals surface area contributed by atoms with Crippen molar-refractivity contribution >= 4 is 23.3 Å². The number of carbonyl (C=O) groups is 4. The van der Waals surface area contributed by atoms with Gasteiger partial charge in [0.15, 0.2) is 11.6 Å². The van der Waals surface area contributed by atoms with E-state index in [2.05, 4.69) is 0 Å². The minimum absolute atomic E-state index is 0.126. The summed E-state index contributed by atoms with van der Waals surface area (Å²) < 4.78 is 0. The Balaban J connectivity index is 2.77. The molecule has 0 aliphatic heterocycles. The number of rotatable bonds is 6. The van der Waals surface area contributed by atoms with Crippen LogP contribution in [0.5, 0.6) is 0 Å². The first-order valence-corrected chi connectivity index (χ1v) is 7.42. The minimum Gasteiger partial charge on any atom is -0.348 e. The molecule has 0 saturated heterocycles. The van der Waals surface area contributed by atoms with Crippen LogP contribution in [0.1, 0.15) is 54.3 Å². The van der Waals surface area contributed by atoms with Gasteiger partial charge in [-0.25, -0.2) is 0 Å². The zero-order chi connectivity index (χ0) is 17.8. The molecule has 1 rings (SSSR count). The Hall–Kier alpha value is -2.30. The molecule has 1 aromatic rings. The molecule has 5 nitrogen and oxygen atoms in total. The molecule has 1 aromatic carbocycles. The van der Waals surface area contributed by atoms with E-state index in [1.54, 1.807) is 34.9 Å². The SMILES string of the molecule is CN(C)C(=O)CC(=O)c1ccc(C(=O)CC(=O)C(C)(C)C)cc1. The van der Waals surface area contributed by atoms with Crippen LogP contribution in [0.15, 0.2) is 24.3 Å². The fourth-order valence-corrected chi connectivity index (χ4v) is 1.75. The van der Waals surface area contributed by atoms with Crippen molar-refractivity contribution in [2.24, 2.45) is 5.41 Å². The Bertz CT molecular complexity index is 621. The third-order valence-corrected chi connectivity index (χ3v) is 3.50. The molecule has 0 aliphatic rings. The highest BCUT2D eigenvalue weighted by molar-refractivity contribution is 6.10. The molecule has 0 unspecified atom stereocenters. The molecule has 0 radical (unpaired) electrons. The molecule has 1 amide bonds. The van der Waals surface area contributed by atoms with E-state index < -0.39 is 5.41 Å². The molecule has 0 bridgehead atoms. The van der Waals surface area contributed by atoms with Gasteiger partial charge in [0.1, 0.15) is 5.78 Å². The van der Waals surface area contributed by atoms with E-state index in [4.69, 9.17) is 0 Å². The third-order valence-electron chi connectivity index (χ3n) is 3.50. The van der Waals surface area contributed by atoms with Gasteiger partial charge in [0.2, 0.25) is 5.91 Å². The van der Waals surface area contributed by atoms with Gasteiger partial charge in [-0.15, -0.1) is 0 Å². The van der Waals surface area contributed by atoms with Crippen molar-refractivity contribution < 1.29 is 19.2 Å².